The Morgan fingerprint density at radius 2 is 1.93 bits per heavy atom. The van der Waals surface area contributed by atoms with Crippen LogP contribution in [0.25, 0.3) is 0 Å². The molecule has 0 aliphatic carbocycles. The second-order valence-corrected chi connectivity index (χ2v) is 8.95. The Hall–Kier alpha value is -1.18. The van der Waals surface area contributed by atoms with Crippen molar-refractivity contribution in [3.05, 3.63) is 29.3 Å². The van der Waals surface area contributed by atoms with Gasteiger partial charge in [0.15, 0.2) is 0 Å². The molecule has 29 heavy (non-hydrogen) atoms. The average Bonchev–Trinajstić information content (AvgIpc) is 2.77. The fraction of sp³-hybridized carbons (Fsp3) is 0.739. The van der Waals surface area contributed by atoms with E-state index >= 15 is 0 Å². The van der Waals surface area contributed by atoms with Crippen molar-refractivity contribution < 1.29 is 4.74 Å². The van der Waals surface area contributed by atoms with Crippen LogP contribution >= 0.6 is 0 Å². The maximum absolute atomic E-state index is 5.56. The van der Waals surface area contributed by atoms with Gasteiger partial charge in [-0.3, -0.25) is 0 Å². The van der Waals surface area contributed by atoms with Crippen LogP contribution in [-0.2, 0) is 17.7 Å². The fourth-order valence-electron chi connectivity index (χ4n) is 4.86. The normalized spacial score (nSPS) is 25.0. The lowest BCUT2D eigenvalue weighted by Gasteiger charge is -2.36. The number of ether oxygens (including phenoxy) is 1. The third kappa shape index (κ3) is 5.50. The first-order valence-corrected chi connectivity index (χ1v) is 11.5. The molecule has 0 spiro atoms. The molecule has 6 heteroatoms. The summed E-state index contributed by atoms with van der Waals surface area (Å²) in [5, 5.41) is 7.58. The zero-order valence-corrected chi connectivity index (χ0v) is 18.3. The summed E-state index contributed by atoms with van der Waals surface area (Å²) >= 11 is 0. The van der Waals surface area contributed by atoms with Gasteiger partial charge in [-0.05, 0) is 57.1 Å². The summed E-state index contributed by atoms with van der Waals surface area (Å²) in [5.74, 6) is 0. The van der Waals surface area contributed by atoms with E-state index in [0.29, 0.717) is 12.1 Å². The third-order valence-corrected chi connectivity index (χ3v) is 6.90. The van der Waals surface area contributed by atoms with Crippen molar-refractivity contribution >= 4 is 5.69 Å². The molecule has 2 saturated heterocycles. The molecule has 6 nitrogen and oxygen atoms in total. The standard InChI is InChI=1S/C23H39N5O/c1-19(24-7-4-8-27-11-9-26(2)10-12-27)22-17-21-20(18-25-22)5-3-6-23(21)28-13-15-29-16-14-28/h3,5-6,19,22,24-25H,4,7-18H2,1-2H3. The molecule has 1 aromatic rings. The molecule has 2 N–H and O–H groups in total. The molecule has 0 saturated carbocycles. The second-order valence-electron chi connectivity index (χ2n) is 8.95. The minimum absolute atomic E-state index is 0.480. The molecular formula is C23H39N5O. The van der Waals surface area contributed by atoms with Crippen molar-refractivity contribution in [3.63, 3.8) is 0 Å². The molecule has 2 atom stereocenters. The van der Waals surface area contributed by atoms with E-state index in [9.17, 15) is 0 Å². The second kappa shape index (κ2) is 10.2. The first-order valence-electron chi connectivity index (χ1n) is 11.5. The molecule has 0 bridgehead atoms. The number of piperazine rings is 1. The lowest BCUT2D eigenvalue weighted by Crippen LogP contribution is -2.50. The SMILES string of the molecule is CC(NCCCN1CCN(C)CC1)C1Cc2c(cccc2N2CCOCC2)CN1. The summed E-state index contributed by atoms with van der Waals surface area (Å²) in [6, 6.07) is 7.78. The Kier molecular flexibility index (Phi) is 7.43. The van der Waals surface area contributed by atoms with Crippen LogP contribution in [0.1, 0.15) is 24.5 Å². The predicted octanol–water partition coefficient (Wildman–Crippen LogP) is 1.15. The summed E-state index contributed by atoms with van der Waals surface area (Å²) in [4.78, 5) is 7.55. The van der Waals surface area contributed by atoms with Crippen molar-refractivity contribution in [3.8, 4) is 0 Å². The summed E-state index contributed by atoms with van der Waals surface area (Å²) < 4.78 is 5.56. The Labute approximate surface area is 176 Å². The Bertz CT molecular complexity index is 640. The van der Waals surface area contributed by atoms with Gasteiger partial charge in [-0.15, -0.1) is 0 Å². The van der Waals surface area contributed by atoms with E-state index in [4.69, 9.17) is 4.74 Å². The highest BCUT2D eigenvalue weighted by atomic mass is 16.5. The zero-order valence-electron chi connectivity index (χ0n) is 18.3. The van der Waals surface area contributed by atoms with Gasteiger partial charge in [0.2, 0.25) is 0 Å². The van der Waals surface area contributed by atoms with Crippen LogP contribution in [0.15, 0.2) is 18.2 Å². The van der Waals surface area contributed by atoms with Gasteiger partial charge in [0.05, 0.1) is 13.2 Å². The maximum atomic E-state index is 5.56. The lowest BCUT2D eigenvalue weighted by atomic mass is 9.90. The van der Waals surface area contributed by atoms with E-state index in [1.165, 1.54) is 50.4 Å². The maximum Gasteiger partial charge on any atom is 0.0642 e. The zero-order chi connectivity index (χ0) is 20.1. The monoisotopic (exact) mass is 401 g/mol. The Morgan fingerprint density at radius 1 is 1.14 bits per heavy atom. The van der Waals surface area contributed by atoms with Gasteiger partial charge in [0, 0.05) is 63.6 Å². The van der Waals surface area contributed by atoms with Crippen LogP contribution in [-0.4, -0.2) is 94.5 Å². The van der Waals surface area contributed by atoms with E-state index in [1.807, 2.05) is 0 Å². The first kappa shape index (κ1) is 21.1. The number of morpholine rings is 1. The minimum atomic E-state index is 0.480. The van der Waals surface area contributed by atoms with E-state index in [1.54, 1.807) is 5.56 Å². The molecule has 1 aromatic carbocycles. The molecule has 3 heterocycles. The summed E-state index contributed by atoms with van der Waals surface area (Å²) in [6.45, 7) is 14.2. The Balaban J connectivity index is 1.26. The van der Waals surface area contributed by atoms with Crippen LogP contribution in [0.5, 0.6) is 0 Å². The topological polar surface area (TPSA) is 43.0 Å². The number of anilines is 1. The van der Waals surface area contributed by atoms with Gasteiger partial charge in [0.1, 0.15) is 0 Å². The molecule has 0 aromatic heterocycles. The van der Waals surface area contributed by atoms with E-state index in [0.717, 1.165) is 45.8 Å². The number of hydrogen-bond acceptors (Lipinski definition) is 6. The molecule has 3 aliphatic heterocycles. The molecule has 2 fully saturated rings. The van der Waals surface area contributed by atoms with Crippen LogP contribution in [0.4, 0.5) is 5.69 Å². The van der Waals surface area contributed by atoms with Crippen molar-refractivity contribution in [2.45, 2.75) is 38.4 Å². The van der Waals surface area contributed by atoms with E-state index in [-0.39, 0.29) is 0 Å². The number of benzene rings is 1. The van der Waals surface area contributed by atoms with Gasteiger partial charge >= 0.3 is 0 Å². The molecule has 0 amide bonds. The van der Waals surface area contributed by atoms with Gasteiger partial charge in [-0.1, -0.05) is 12.1 Å². The number of nitrogens with zero attached hydrogens (tertiary/aromatic N) is 3. The smallest absolute Gasteiger partial charge is 0.0642 e. The molecule has 3 aliphatic rings. The highest BCUT2D eigenvalue weighted by molar-refractivity contribution is 5.58. The Morgan fingerprint density at radius 3 is 2.72 bits per heavy atom. The lowest BCUT2D eigenvalue weighted by molar-refractivity contribution is 0.122. The average molecular weight is 402 g/mol. The molecule has 0 radical (unpaired) electrons. The summed E-state index contributed by atoms with van der Waals surface area (Å²) in [7, 11) is 2.22. The van der Waals surface area contributed by atoms with Crippen LogP contribution in [0.3, 0.4) is 0 Å². The predicted molar refractivity (Wildman–Crippen MR) is 120 cm³/mol. The third-order valence-electron chi connectivity index (χ3n) is 6.90. The van der Waals surface area contributed by atoms with Crippen LogP contribution in [0, 0.1) is 0 Å². The van der Waals surface area contributed by atoms with Crippen molar-refractivity contribution in [1.29, 1.82) is 0 Å². The summed E-state index contributed by atoms with van der Waals surface area (Å²) in [5.41, 5.74) is 4.44. The molecular weight excluding hydrogens is 362 g/mol. The molecule has 162 valence electrons. The quantitative estimate of drug-likeness (QED) is 0.669. The largest absolute Gasteiger partial charge is 0.378 e. The van der Waals surface area contributed by atoms with Crippen molar-refractivity contribution in [1.82, 2.24) is 20.4 Å². The number of hydrogen-bond donors (Lipinski definition) is 2. The van der Waals surface area contributed by atoms with Gasteiger partial charge in [-0.25, -0.2) is 0 Å². The van der Waals surface area contributed by atoms with Crippen LogP contribution < -0.4 is 15.5 Å². The summed E-state index contributed by atoms with van der Waals surface area (Å²) in [6.07, 6.45) is 2.34. The molecule has 4 rings (SSSR count). The fourth-order valence-corrected chi connectivity index (χ4v) is 4.86. The molecule has 2 unspecified atom stereocenters. The number of nitrogens with one attached hydrogen (secondary N) is 2. The van der Waals surface area contributed by atoms with Crippen LogP contribution in [0.2, 0.25) is 0 Å². The van der Waals surface area contributed by atoms with Gasteiger partial charge in [-0.2, -0.15) is 0 Å². The number of likely N-dealkylation sites (N-methyl/N-ethyl adjacent to an activating group) is 1. The van der Waals surface area contributed by atoms with Crippen molar-refractivity contribution in [2.75, 3.05) is 77.5 Å². The van der Waals surface area contributed by atoms with Crippen molar-refractivity contribution in [2.24, 2.45) is 0 Å². The van der Waals surface area contributed by atoms with E-state index < -0.39 is 0 Å². The first-order chi connectivity index (χ1) is 14.2. The number of rotatable bonds is 7. The highest BCUT2D eigenvalue weighted by Crippen LogP contribution is 2.29. The minimum Gasteiger partial charge on any atom is -0.378 e. The van der Waals surface area contributed by atoms with Gasteiger partial charge in [0.25, 0.3) is 0 Å². The van der Waals surface area contributed by atoms with E-state index in [2.05, 4.69) is 57.5 Å². The van der Waals surface area contributed by atoms with Gasteiger partial charge < -0.3 is 30.1 Å². The number of fused-ring (bicyclic) bond motifs is 1. The highest BCUT2D eigenvalue weighted by Gasteiger charge is 2.26.